The van der Waals surface area contributed by atoms with Gasteiger partial charge in [-0.3, -0.25) is 9.59 Å². The summed E-state index contributed by atoms with van der Waals surface area (Å²) >= 11 is 0. The fraction of sp³-hybridized carbons (Fsp3) is 0.400. The number of methoxy groups -OCH3 is 1. The number of rotatable bonds is 6. The molecule has 2 heterocycles. The zero-order valence-electron chi connectivity index (χ0n) is 15.5. The van der Waals surface area contributed by atoms with Crippen LogP contribution in [0.25, 0.3) is 0 Å². The van der Waals surface area contributed by atoms with E-state index in [1.165, 1.54) is 19.2 Å². The van der Waals surface area contributed by atoms with E-state index in [1.54, 1.807) is 24.3 Å². The van der Waals surface area contributed by atoms with Gasteiger partial charge in [0.2, 0.25) is 5.78 Å². The molecule has 6 nitrogen and oxygen atoms in total. The van der Waals surface area contributed by atoms with Crippen LogP contribution in [-0.2, 0) is 25.9 Å². The molecule has 144 valence electrons. The van der Waals surface area contributed by atoms with Crippen LogP contribution in [-0.4, -0.2) is 37.6 Å². The highest BCUT2D eigenvalue weighted by Gasteiger charge is 2.30. The van der Waals surface area contributed by atoms with Crippen molar-refractivity contribution in [3.8, 4) is 0 Å². The van der Waals surface area contributed by atoms with Crippen molar-refractivity contribution in [2.24, 2.45) is 0 Å². The number of esters is 1. The number of ketones is 1. The molecule has 1 aromatic heterocycles. The lowest BCUT2D eigenvalue weighted by atomic mass is 9.96. The standard InChI is InChI=1S/C20H23NO5S/c1-3-13-27(24,25)15-8-6-14(7-9-15)19(22)18-11-10-17-16(20(23)26-2)5-4-12-21(17)18/h6-11,16H,3-5,12-13H2,1-2H3. The molecule has 1 aliphatic rings. The Morgan fingerprint density at radius 2 is 1.85 bits per heavy atom. The Labute approximate surface area is 159 Å². The number of carbonyl (C=O) groups excluding carboxylic acids is 2. The van der Waals surface area contributed by atoms with Gasteiger partial charge in [0, 0.05) is 17.8 Å². The maximum atomic E-state index is 12.9. The first-order valence-electron chi connectivity index (χ1n) is 9.03. The zero-order chi connectivity index (χ0) is 19.6. The zero-order valence-corrected chi connectivity index (χ0v) is 16.3. The number of carbonyl (C=O) groups is 2. The molecule has 1 aliphatic heterocycles. The quantitative estimate of drug-likeness (QED) is 0.560. The first kappa shape index (κ1) is 19.4. The summed E-state index contributed by atoms with van der Waals surface area (Å²) in [6.07, 6.45) is 2.03. The van der Waals surface area contributed by atoms with Gasteiger partial charge in [-0.05, 0) is 55.7 Å². The molecule has 2 aromatic rings. The molecule has 0 saturated carbocycles. The molecule has 0 spiro atoms. The van der Waals surface area contributed by atoms with Gasteiger partial charge in [-0.1, -0.05) is 6.92 Å². The number of sulfone groups is 1. The van der Waals surface area contributed by atoms with E-state index >= 15 is 0 Å². The highest BCUT2D eigenvalue weighted by molar-refractivity contribution is 7.91. The van der Waals surface area contributed by atoms with Crippen molar-refractivity contribution in [3.63, 3.8) is 0 Å². The molecule has 0 aliphatic carbocycles. The third-order valence-corrected chi connectivity index (χ3v) is 6.85. The topological polar surface area (TPSA) is 82.4 Å². The number of benzene rings is 1. The molecule has 0 radical (unpaired) electrons. The number of aromatic nitrogens is 1. The van der Waals surface area contributed by atoms with Crippen LogP contribution in [0.3, 0.4) is 0 Å². The van der Waals surface area contributed by atoms with E-state index in [9.17, 15) is 18.0 Å². The van der Waals surface area contributed by atoms with E-state index in [0.29, 0.717) is 30.6 Å². The third kappa shape index (κ3) is 3.69. The summed E-state index contributed by atoms with van der Waals surface area (Å²) in [5.41, 5.74) is 1.72. The number of hydrogen-bond donors (Lipinski definition) is 0. The van der Waals surface area contributed by atoms with Crippen molar-refractivity contribution in [1.82, 2.24) is 4.57 Å². The van der Waals surface area contributed by atoms with Crippen LogP contribution in [0.4, 0.5) is 0 Å². The predicted octanol–water partition coefficient (Wildman–Crippen LogP) is 2.95. The van der Waals surface area contributed by atoms with Crippen LogP contribution in [0.2, 0.25) is 0 Å². The average molecular weight is 389 g/mol. The monoisotopic (exact) mass is 389 g/mol. The lowest BCUT2D eigenvalue weighted by Crippen LogP contribution is -2.24. The number of fused-ring (bicyclic) bond motifs is 1. The Morgan fingerprint density at radius 1 is 1.15 bits per heavy atom. The van der Waals surface area contributed by atoms with Gasteiger partial charge in [0.05, 0.1) is 29.4 Å². The van der Waals surface area contributed by atoms with Crippen molar-refractivity contribution in [2.75, 3.05) is 12.9 Å². The molecule has 1 unspecified atom stereocenters. The van der Waals surface area contributed by atoms with Gasteiger partial charge in [-0.25, -0.2) is 8.42 Å². The summed E-state index contributed by atoms with van der Waals surface area (Å²) < 4.78 is 31.0. The van der Waals surface area contributed by atoms with Crippen LogP contribution in [0.15, 0.2) is 41.3 Å². The first-order chi connectivity index (χ1) is 12.9. The van der Waals surface area contributed by atoms with E-state index in [-0.39, 0.29) is 28.3 Å². The molecule has 0 N–H and O–H groups in total. The molecule has 0 amide bonds. The summed E-state index contributed by atoms with van der Waals surface area (Å²) in [7, 11) is -1.94. The molecule has 1 aromatic carbocycles. The number of ether oxygens (including phenoxy) is 1. The fourth-order valence-electron chi connectivity index (χ4n) is 3.57. The van der Waals surface area contributed by atoms with Gasteiger partial charge in [0.15, 0.2) is 9.84 Å². The molecule has 3 rings (SSSR count). The van der Waals surface area contributed by atoms with Crippen LogP contribution < -0.4 is 0 Å². The Morgan fingerprint density at radius 3 is 2.48 bits per heavy atom. The molecular weight excluding hydrogens is 366 g/mol. The normalized spacial score (nSPS) is 16.6. The van der Waals surface area contributed by atoms with Gasteiger partial charge in [0.25, 0.3) is 0 Å². The van der Waals surface area contributed by atoms with E-state index < -0.39 is 9.84 Å². The van der Waals surface area contributed by atoms with E-state index in [4.69, 9.17) is 4.74 Å². The first-order valence-corrected chi connectivity index (χ1v) is 10.7. The Hall–Kier alpha value is -2.41. The van der Waals surface area contributed by atoms with Crippen molar-refractivity contribution in [1.29, 1.82) is 0 Å². The molecule has 0 bridgehead atoms. The highest BCUT2D eigenvalue weighted by Crippen LogP contribution is 2.31. The minimum atomic E-state index is -3.31. The van der Waals surface area contributed by atoms with Gasteiger partial charge < -0.3 is 9.30 Å². The Balaban J connectivity index is 1.89. The SMILES string of the molecule is CCCS(=O)(=O)c1ccc(C(=O)c2ccc3n2CCCC3C(=O)OC)cc1. The van der Waals surface area contributed by atoms with E-state index in [0.717, 1.165) is 12.1 Å². The summed E-state index contributed by atoms with van der Waals surface area (Å²) in [4.78, 5) is 25.1. The third-order valence-electron chi connectivity index (χ3n) is 4.91. The second-order valence-electron chi connectivity index (χ2n) is 6.69. The molecule has 27 heavy (non-hydrogen) atoms. The molecular formula is C20H23NO5S. The smallest absolute Gasteiger partial charge is 0.314 e. The maximum Gasteiger partial charge on any atom is 0.314 e. The molecule has 0 fully saturated rings. The van der Waals surface area contributed by atoms with Gasteiger partial charge in [0.1, 0.15) is 0 Å². The Kier molecular flexibility index (Phi) is 5.51. The second kappa shape index (κ2) is 7.68. The summed E-state index contributed by atoms with van der Waals surface area (Å²) in [5, 5.41) is 0. The summed E-state index contributed by atoms with van der Waals surface area (Å²) in [6.45, 7) is 2.48. The lowest BCUT2D eigenvalue weighted by Gasteiger charge is -2.24. The van der Waals surface area contributed by atoms with Crippen molar-refractivity contribution >= 4 is 21.6 Å². The van der Waals surface area contributed by atoms with Crippen LogP contribution in [0.1, 0.15) is 53.8 Å². The summed E-state index contributed by atoms with van der Waals surface area (Å²) in [5.74, 6) is -0.752. The highest BCUT2D eigenvalue weighted by atomic mass is 32.2. The number of nitrogens with zero attached hydrogens (tertiary/aromatic N) is 1. The van der Waals surface area contributed by atoms with Gasteiger partial charge in [-0.15, -0.1) is 0 Å². The lowest BCUT2D eigenvalue weighted by molar-refractivity contribution is -0.143. The van der Waals surface area contributed by atoms with E-state index in [1.807, 2.05) is 11.5 Å². The maximum absolute atomic E-state index is 12.9. The second-order valence-corrected chi connectivity index (χ2v) is 8.79. The summed E-state index contributed by atoms with van der Waals surface area (Å²) in [6, 6.07) is 9.58. The van der Waals surface area contributed by atoms with Gasteiger partial charge in [-0.2, -0.15) is 0 Å². The van der Waals surface area contributed by atoms with Crippen molar-refractivity contribution in [3.05, 3.63) is 53.3 Å². The predicted molar refractivity (Wildman–Crippen MR) is 101 cm³/mol. The number of hydrogen-bond acceptors (Lipinski definition) is 5. The van der Waals surface area contributed by atoms with Crippen molar-refractivity contribution in [2.45, 2.75) is 43.5 Å². The average Bonchev–Trinajstić information content (AvgIpc) is 3.11. The Bertz CT molecular complexity index is 957. The van der Waals surface area contributed by atoms with Crippen LogP contribution >= 0.6 is 0 Å². The minimum absolute atomic E-state index is 0.0847. The fourth-order valence-corrected chi connectivity index (χ4v) is 4.89. The largest absolute Gasteiger partial charge is 0.469 e. The molecule has 0 saturated heterocycles. The van der Waals surface area contributed by atoms with Crippen LogP contribution in [0.5, 0.6) is 0 Å². The molecule has 1 atom stereocenters. The van der Waals surface area contributed by atoms with Gasteiger partial charge >= 0.3 is 5.97 Å². The van der Waals surface area contributed by atoms with E-state index in [2.05, 4.69) is 0 Å². The minimum Gasteiger partial charge on any atom is -0.469 e. The van der Waals surface area contributed by atoms with Crippen molar-refractivity contribution < 1.29 is 22.7 Å². The van der Waals surface area contributed by atoms with Crippen LogP contribution in [0, 0.1) is 0 Å². The molecule has 7 heteroatoms.